The van der Waals surface area contributed by atoms with Crippen molar-refractivity contribution in [1.29, 1.82) is 0 Å². The predicted molar refractivity (Wildman–Crippen MR) is 70.7 cm³/mol. The van der Waals surface area contributed by atoms with Crippen LogP contribution in [0, 0.1) is 0 Å². The van der Waals surface area contributed by atoms with E-state index in [1.165, 1.54) is 11.1 Å². The van der Waals surface area contributed by atoms with E-state index >= 15 is 0 Å². The Hall–Kier alpha value is -1.15. The molecule has 0 amide bonds. The Balaban J connectivity index is 1.92. The maximum atomic E-state index is 4.12. The normalized spacial score (nSPS) is 12.3. The van der Waals surface area contributed by atoms with Crippen molar-refractivity contribution in [1.82, 2.24) is 4.98 Å². The number of aryl methyl sites for hydroxylation is 1. The van der Waals surface area contributed by atoms with E-state index in [0.717, 1.165) is 12.8 Å². The van der Waals surface area contributed by atoms with Crippen LogP contribution >= 0.6 is 15.9 Å². The molecule has 1 aromatic heterocycles. The van der Waals surface area contributed by atoms with Crippen LogP contribution in [-0.4, -0.2) is 4.98 Å². The lowest BCUT2D eigenvalue weighted by molar-refractivity contribution is 0.810. The first-order valence-corrected chi connectivity index (χ1v) is 6.36. The number of pyridine rings is 1. The zero-order chi connectivity index (χ0) is 11.2. The van der Waals surface area contributed by atoms with Crippen molar-refractivity contribution >= 4 is 15.9 Å². The first-order chi connectivity index (χ1) is 7.86. The zero-order valence-corrected chi connectivity index (χ0v) is 10.6. The van der Waals surface area contributed by atoms with E-state index in [4.69, 9.17) is 0 Å². The maximum absolute atomic E-state index is 4.12. The number of hydrogen-bond donors (Lipinski definition) is 0. The molecule has 0 aliphatic carbocycles. The van der Waals surface area contributed by atoms with E-state index in [1.54, 1.807) is 0 Å². The van der Waals surface area contributed by atoms with Crippen LogP contribution in [0.2, 0.25) is 0 Å². The van der Waals surface area contributed by atoms with Crippen molar-refractivity contribution in [3.05, 3.63) is 66.0 Å². The summed E-state index contributed by atoms with van der Waals surface area (Å²) in [6.45, 7) is 0. The standard InChI is InChI=1S/C14H14BrN/c15-14(13-6-2-1-3-7-13)9-8-12-5-4-10-16-11-12/h1-7,10-11,14H,8-9H2. The molecule has 0 bridgehead atoms. The van der Waals surface area contributed by atoms with Crippen molar-refractivity contribution in [3.63, 3.8) is 0 Å². The van der Waals surface area contributed by atoms with Gasteiger partial charge in [-0.2, -0.15) is 0 Å². The van der Waals surface area contributed by atoms with Gasteiger partial charge in [0.25, 0.3) is 0 Å². The van der Waals surface area contributed by atoms with Gasteiger partial charge < -0.3 is 0 Å². The highest BCUT2D eigenvalue weighted by molar-refractivity contribution is 9.09. The number of benzene rings is 1. The summed E-state index contributed by atoms with van der Waals surface area (Å²) in [5.41, 5.74) is 2.63. The highest BCUT2D eigenvalue weighted by atomic mass is 79.9. The van der Waals surface area contributed by atoms with Crippen LogP contribution in [0.5, 0.6) is 0 Å². The van der Waals surface area contributed by atoms with Gasteiger partial charge in [0.15, 0.2) is 0 Å². The zero-order valence-electron chi connectivity index (χ0n) is 9.01. The molecule has 1 aromatic carbocycles. The smallest absolute Gasteiger partial charge is 0.0398 e. The third-order valence-corrected chi connectivity index (χ3v) is 3.56. The van der Waals surface area contributed by atoms with Gasteiger partial charge in [0, 0.05) is 17.2 Å². The number of hydrogen-bond acceptors (Lipinski definition) is 1. The van der Waals surface area contributed by atoms with Crippen LogP contribution in [0.3, 0.4) is 0 Å². The van der Waals surface area contributed by atoms with Crippen LogP contribution in [-0.2, 0) is 6.42 Å². The molecule has 1 nitrogen and oxygen atoms in total. The number of alkyl halides is 1. The summed E-state index contributed by atoms with van der Waals surface area (Å²) in [7, 11) is 0. The fourth-order valence-electron chi connectivity index (χ4n) is 1.67. The fraction of sp³-hybridized carbons (Fsp3) is 0.214. The second-order valence-electron chi connectivity index (χ2n) is 3.78. The second kappa shape index (κ2) is 5.80. The molecule has 0 spiro atoms. The Morgan fingerprint density at radius 3 is 2.56 bits per heavy atom. The number of nitrogens with zero attached hydrogens (tertiary/aromatic N) is 1. The van der Waals surface area contributed by atoms with E-state index in [9.17, 15) is 0 Å². The maximum Gasteiger partial charge on any atom is 0.0398 e. The third-order valence-electron chi connectivity index (χ3n) is 2.57. The molecular weight excluding hydrogens is 262 g/mol. The average Bonchev–Trinajstić information content (AvgIpc) is 2.38. The first-order valence-electron chi connectivity index (χ1n) is 5.44. The Morgan fingerprint density at radius 1 is 1.06 bits per heavy atom. The molecule has 0 aliphatic rings. The van der Waals surface area contributed by atoms with Gasteiger partial charge in [-0.25, -0.2) is 0 Å². The SMILES string of the molecule is BrC(CCc1cccnc1)c1ccccc1. The quantitative estimate of drug-likeness (QED) is 0.764. The average molecular weight is 276 g/mol. The van der Waals surface area contributed by atoms with Crippen LogP contribution in [0.15, 0.2) is 54.9 Å². The van der Waals surface area contributed by atoms with Crippen molar-refractivity contribution in [2.45, 2.75) is 17.7 Å². The van der Waals surface area contributed by atoms with Crippen LogP contribution in [0.1, 0.15) is 22.4 Å². The van der Waals surface area contributed by atoms with Crippen LogP contribution in [0.4, 0.5) is 0 Å². The summed E-state index contributed by atoms with van der Waals surface area (Å²) in [4.78, 5) is 4.54. The van der Waals surface area contributed by atoms with Crippen LogP contribution < -0.4 is 0 Å². The van der Waals surface area contributed by atoms with Crippen molar-refractivity contribution < 1.29 is 0 Å². The van der Waals surface area contributed by atoms with E-state index in [0.29, 0.717) is 4.83 Å². The molecule has 82 valence electrons. The summed E-state index contributed by atoms with van der Waals surface area (Å²) in [6, 6.07) is 14.6. The molecule has 0 N–H and O–H groups in total. The monoisotopic (exact) mass is 275 g/mol. The van der Waals surface area contributed by atoms with Gasteiger partial charge in [-0.1, -0.05) is 52.3 Å². The van der Waals surface area contributed by atoms with Gasteiger partial charge in [0.2, 0.25) is 0 Å². The first kappa shape index (κ1) is 11.3. The molecule has 1 heterocycles. The third kappa shape index (κ3) is 3.17. The van der Waals surface area contributed by atoms with Crippen molar-refractivity contribution in [2.24, 2.45) is 0 Å². The lowest BCUT2D eigenvalue weighted by Crippen LogP contribution is -1.93. The van der Waals surface area contributed by atoms with Gasteiger partial charge in [0.05, 0.1) is 0 Å². The molecule has 2 heteroatoms. The summed E-state index contributed by atoms with van der Waals surface area (Å²) in [5.74, 6) is 0. The minimum absolute atomic E-state index is 0.425. The lowest BCUT2D eigenvalue weighted by Gasteiger charge is -2.09. The summed E-state index contributed by atoms with van der Waals surface area (Å²) in [6.07, 6.45) is 5.89. The molecule has 1 atom stereocenters. The highest BCUT2D eigenvalue weighted by Gasteiger charge is 2.06. The predicted octanol–water partition coefficient (Wildman–Crippen LogP) is 4.15. The van der Waals surface area contributed by atoms with E-state index in [1.807, 2.05) is 24.5 Å². The Morgan fingerprint density at radius 2 is 1.88 bits per heavy atom. The van der Waals surface area contributed by atoms with E-state index < -0.39 is 0 Å². The Kier molecular flexibility index (Phi) is 4.11. The van der Waals surface area contributed by atoms with Gasteiger partial charge in [-0.15, -0.1) is 0 Å². The van der Waals surface area contributed by atoms with Gasteiger partial charge in [-0.05, 0) is 30.0 Å². The minimum atomic E-state index is 0.425. The molecule has 16 heavy (non-hydrogen) atoms. The van der Waals surface area contributed by atoms with Gasteiger partial charge in [-0.3, -0.25) is 4.98 Å². The Bertz CT molecular complexity index is 413. The van der Waals surface area contributed by atoms with E-state index in [-0.39, 0.29) is 0 Å². The molecule has 0 aliphatic heterocycles. The van der Waals surface area contributed by atoms with E-state index in [2.05, 4.69) is 51.2 Å². The fourth-order valence-corrected chi connectivity index (χ4v) is 2.20. The number of rotatable bonds is 4. The molecule has 1 unspecified atom stereocenters. The summed E-state index contributed by atoms with van der Waals surface area (Å²) in [5, 5.41) is 0. The second-order valence-corrected chi connectivity index (χ2v) is 4.88. The van der Waals surface area contributed by atoms with Crippen LogP contribution in [0.25, 0.3) is 0 Å². The number of aromatic nitrogens is 1. The highest BCUT2D eigenvalue weighted by Crippen LogP contribution is 2.27. The molecular formula is C14H14BrN. The minimum Gasteiger partial charge on any atom is -0.264 e. The van der Waals surface area contributed by atoms with Gasteiger partial charge in [0.1, 0.15) is 0 Å². The molecule has 0 saturated carbocycles. The summed E-state index contributed by atoms with van der Waals surface area (Å²) >= 11 is 3.72. The molecule has 2 aromatic rings. The van der Waals surface area contributed by atoms with Crippen molar-refractivity contribution in [3.8, 4) is 0 Å². The molecule has 0 saturated heterocycles. The molecule has 0 radical (unpaired) electrons. The Labute approximate surface area is 105 Å². The largest absolute Gasteiger partial charge is 0.264 e. The summed E-state index contributed by atoms with van der Waals surface area (Å²) < 4.78 is 0. The number of halogens is 1. The molecule has 0 fully saturated rings. The van der Waals surface area contributed by atoms with Gasteiger partial charge >= 0.3 is 0 Å². The van der Waals surface area contributed by atoms with Crippen molar-refractivity contribution in [2.75, 3.05) is 0 Å². The molecule has 2 rings (SSSR count). The topological polar surface area (TPSA) is 12.9 Å². The lowest BCUT2D eigenvalue weighted by atomic mass is 10.1.